The minimum Gasteiger partial charge on any atom is -0.391 e. The second kappa shape index (κ2) is 13.0. The fourth-order valence-electron chi connectivity index (χ4n) is 4.76. The van der Waals surface area contributed by atoms with E-state index in [0.29, 0.717) is 6.42 Å². The molecular formula is C32H36N2O. The highest BCUT2D eigenvalue weighted by atomic mass is 16.3. The Hall–Kier alpha value is -3.24. The Bertz CT molecular complexity index is 1060. The van der Waals surface area contributed by atoms with Crippen molar-refractivity contribution in [3.63, 3.8) is 0 Å². The summed E-state index contributed by atoms with van der Waals surface area (Å²) in [7, 11) is 0. The van der Waals surface area contributed by atoms with Gasteiger partial charge in [0.15, 0.2) is 0 Å². The van der Waals surface area contributed by atoms with Crippen LogP contribution in [-0.2, 0) is 25.9 Å². The average molecular weight is 465 g/mol. The first kappa shape index (κ1) is 24.9. The summed E-state index contributed by atoms with van der Waals surface area (Å²) >= 11 is 0. The maximum atomic E-state index is 11.6. The molecule has 0 saturated heterocycles. The lowest BCUT2D eigenvalue weighted by Crippen LogP contribution is -2.46. The molecule has 4 rings (SSSR count). The smallest absolute Gasteiger partial charge is 0.0713 e. The van der Waals surface area contributed by atoms with E-state index in [-0.39, 0.29) is 12.1 Å². The fourth-order valence-corrected chi connectivity index (χ4v) is 4.76. The Morgan fingerprint density at radius 2 is 0.914 bits per heavy atom. The molecule has 0 radical (unpaired) electrons. The predicted octanol–water partition coefficient (Wildman–Crippen LogP) is 5.62. The monoisotopic (exact) mass is 464 g/mol. The van der Waals surface area contributed by atoms with Gasteiger partial charge in [-0.2, -0.15) is 0 Å². The van der Waals surface area contributed by atoms with Gasteiger partial charge in [0.05, 0.1) is 6.10 Å². The average Bonchev–Trinajstić information content (AvgIpc) is 2.89. The van der Waals surface area contributed by atoms with Gasteiger partial charge in [-0.15, -0.1) is 0 Å². The van der Waals surface area contributed by atoms with Gasteiger partial charge in [-0.05, 0) is 41.5 Å². The molecule has 0 aromatic heterocycles. The van der Waals surface area contributed by atoms with Gasteiger partial charge >= 0.3 is 0 Å². The van der Waals surface area contributed by atoms with Gasteiger partial charge in [0.2, 0.25) is 0 Å². The number of hydrogen-bond donors (Lipinski definition) is 2. The molecule has 3 N–H and O–H groups in total. The fraction of sp³-hybridized carbons (Fsp3) is 0.250. The largest absolute Gasteiger partial charge is 0.391 e. The molecule has 180 valence electrons. The van der Waals surface area contributed by atoms with Gasteiger partial charge in [0.25, 0.3) is 0 Å². The summed E-state index contributed by atoms with van der Waals surface area (Å²) in [4.78, 5) is 2.41. The zero-order chi connectivity index (χ0) is 24.3. The second-order valence-corrected chi connectivity index (χ2v) is 9.39. The molecule has 0 fully saturated rings. The minimum atomic E-state index is -0.554. The van der Waals surface area contributed by atoms with Crippen molar-refractivity contribution in [3.05, 3.63) is 144 Å². The van der Waals surface area contributed by atoms with Crippen molar-refractivity contribution in [3.8, 4) is 0 Å². The summed E-state index contributed by atoms with van der Waals surface area (Å²) in [5.41, 5.74) is 11.5. The standard InChI is InChI=1S/C32H36N2O/c33-30(21-26-13-5-1-6-14-26)23-32(35)31(22-27-15-7-2-8-16-27)34(24-28-17-9-3-10-18-28)25-29-19-11-4-12-20-29/h1-20,30-32,35H,21-25,33H2/t30-,31-,32?/m0/s1. The molecule has 0 bridgehead atoms. The minimum absolute atomic E-state index is 0.0698. The predicted molar refractivity (Wildman–Crippen MR) is 145 cm³/mol. The van der Waals surface area contributed by atoms with E-state index >= 15 is 0 Å². The second-order valence-electron chi connectivity index (χ2n) is 9.39. The van der Waals surface area contributed by atoms with E-state index in [1.807, 2.05) is 36.4 Å². The Kier molecular flexibility index (Phi) is 9.24. The molecular weight excluding hydrogens is 428 g/mol. The van der Waals surface area contributed by atoms with Crippen LogP contribution in [-0.4, -0.2) is 28.2 Å². The first-order chi connectivity index (χ1) is 17.2. The summed E-state index contributed by atoms with van der Waals surface area (Å²) in [6, 6.07) is 41.6. The molecule has 1 unspecified atom stereocenters. The maximum Gasteiger partial charge on any atom is 0.0713 e. The topological polar surface area (TPSA) is 49.5 Å². The van der Waals surface area contributed by atoms with Crippen LogP contribution in [0.1, 0.15) is 28.7 Å². The Morgan fingerprint density at radius 1 is 0.543 bits per heavy atom. The van der Waals surface area contributed by atoms with Crippen LogP contribution in [0.5, 0.6) is 0 Å². The number of rotatable bonds is 12. The lowest BCUT2D eigenvalue weighted by Gasteiger charge is -2.36. The van der Waals surface area contributed by atoms with E-state index in [2.05, 4.69) is 89.8 Å². The molecule has 0 spiro atoms. The van der Waals surface area contributed by atoms with Crippen LogP contribution in [0.3, 0.4) is 0 Å². The molecule has 0 heterocycles. The summed E-state index contributed by atoms with van der Waals surface area (Å²) in [5.74, 6) is 0. The van der Waals surface area contributed by atoms with Crippen LogP contribution in [0, 0.1) is 0 Å². The van der Waals surface area contributed by atoms with E-state index in [0.717, 1.165) is 25.9 Å². The van der Waals surface area contributed by atoms with Crippen molar-refractivity contribution in [2.75, 3.05) is 0 Å². The Balaban J connectivity index is 1.58. The molecule has 3 heteroatoms. The molecule has 4 aromatic carbocycles. The molecule has 0 aliphatic carbocycles. The molecule has 0 saturated carbocycles. The van der Waals surface area contributed by atoms with Gasteiger partial charge in [-0.1, -0.05) is 121 Å². The van der Waals surface area contributed by atoms with E-state index < -0.39 is 6.10 Å². The summed E-state index contributed by atoms with van der Waals surface area (Å²) in [6.07, 6.45) is 1.51. The van der Waals surface area contributed by atoms with Gasteiger partial charge in [0.1, 0.15) is 0 Å². The SMILES string of the molecule is N[C@@H](Cc1ccccc1)CC(O)[C@H](Cc1ccccc1)N(Cc1ccccc1)Cc1ccccc1. The number of aliphatic hydroxyl groups is 1. The van der Waals surface area contributed by atoms with Gasteiger partial charge in [-0.3, -0.25) is 4.90 Å². The van der Waals surface area contributed by atoms with Crippen LogP contribution in [0.2, 0.25) is 0 Å². The maximum absolute atomic E-state index is 11.6. The van der Waals surface area contributed by atoms with Gasteiger partial charge in [-0.25, -0.2) is 0 Å². The highest BCUT2D eigenvalue weighted by molar-refractivity contribution is 5.20. The summed E-state index contributed by atoms with van der Waals surface area (Å²) < 4.78 is 0. The number of nitrogens with two attached hydrogens (primary N) is 1. The molecule has 35 heavy (non-hydrogen) atoms. The highest BCUT2D eigenvalue weighted by Gasteiger charge is 2.28. The van der Waals surface area contributed by atoms with Crippen molar-refractivity contribution in [2.24, 2.45) is 5.73 Å². The van der Waals surface area contributed by atoms with Crippen LogP contribution in [0.15, 0.2) is 121 Å². The molecule has 4 aromatic rings. The number of benzene rings is 4. The number of aliphatic hydroxyl groups excluding tert-OH is 1. The van der Waals surface area contributed by atoms with Crippen LogP contribution < -0.4 is 5.73 Å². The van der Waals surface area contributed by atoms with Crippen molar-refractivity contribution >= 4 is 0 Å². The molecule has 0 aliphatic rings. The molecule has 0 amide bonds. The van der Waals surface area contributed by atoms with E-state index in [4.69, 9.17) is 5.73 Å². The quantitative estimate of drug-likeness (QED) is 0.286. The number of nitrogens with zero attached hydrogens (tertiary/aromatic N) is 1. The van der Waals surface area contributed by atoms with Gasteiger partial charge < -0.3 is 10.8 Å². The zero-order valence-corrected chi connectivity index (χ0v) is 20.3. The zero-order valence-electron chi connectivity index (χ0n) is 20.3. The summed E-state index contributed by atoms with van der Waals surface area (Å²) in [5, 5.41) is 11.6. The first-order valence-corrected chi connectivity index (χ1v) is 12.5. The molecule has 0 aliphatic heterocycles. The third-order valence-corrected chi connectivity index (χ3v) is 6.54. The molecule has 3 nitrogen and oxygen atoms in total. The van der Waals surface area contributed by atoms with Gasteiger partial charge in [0, 0.05) is 25.2 Å². The number of hydrogen-bond acceptors (Lipinski definition) is 3. The van der Waals surface area contributed by atoms with E-state index in [1.54, 1.807) is 0 Å². The lowest BCUT2D eigenvalue weighted by atomic mass is 9.92. The summed E-state index contributed by atoms with van der Waals surface area (Å²) in [6.45, 7) is 1.52. The first-order valence-electron chi connectivity index (χ1n) is 12.5. The van der Waals surface area contributed by atoms with Crippen molar-refractivity contribution in [2.45, 2.75) is 50.5 Å². The van der Waals surface area contributed by atoms with Crippen molar-refractivity contribution in [1.29, 1.82) is 0 Å². The van der Waals surface area contributed by atoms with Crippen molar-refractivity contribution in [1.82, 2.24) is 4.90 Å². The van der Waals surface area contributed by atoms with Crippen LogP contribution in [0.4, 0.5) is 0 Å². The highest BCUT2D eigenvalue weighted by Crippen LogP contribution is 2.22. The van der Waals surface area contributed by atoms with E-state index in [9.17, 15) is 5.11 Å². The lowest BCUT2D eigenvalue weighted by molar-refractivity contribution is 0.0301. The van der Waals surface area contributed by atoms with Crippen LogP contribution in [0.25, 0.3) is 0 Å². The third kappa shape index (κ3) is 7.90. The normalized spacial score (nSPS) is 13.9. The third-order valence-electron chi connectivity index (χ3n) is 6.54. The van der Waals surface area contributed by atoms with Crippen molar-refractivity contribution < 1.29 is 5.11 Å². The Morgan fingerprint density at radius 3 is 1.34 bits per heavy atom. The molecule has 3 atom stereocenters. The Labute approximate surface area is 209 Å². The van der Waals surface area contributed by atoms with E-state index in [1.165, 1.54) is 22.3 Å². The van der Waals surface area contributed by atoms with Crippen LogP contribution >= 0.6 is 0 Å².